The van der Waals surface area contributed by atoms with Crippen LogP contribution in [0.3, 0.4) is 0 Å². The number of ether oxygens (including phenoxy) is 1. The van der Waals surface area contributed by atoms with Crippen LogP contribution in [0.1, 0.15) is 12.5 Å². The number of hydrogen-bond donors (Lipinski definition) is 1. The second kappa shape index (κ2) is 8.83. The topological polar surface area (TPSA) is 36.9 Å². The minimum absolute atomic E-state index is 0.653. The SMILES string of the molecule is C=C/C(=C\C=C\Cc1ccc(NC2=NCCN2C)cc1)OCC. The van der Waals surface area contributed by atoms with Gasteiger partial charge in [-0.2, -0.15) is 0 Å². The van der Waals surface area contributed by atoms with Gasteiger partial charge in [0.1, 0.15) is 5.76 Å². The number of allylic oxidation sites excluding steroid dienone is 4. The van der Waals surface area contributed by atoms with Crippen LogP contribution in [0.4, 0.5) is 5.69 Å². The van der Waals surface area contributed by atoms with Gasteiger partial charge in [0.15, 0.2) is 5.96 Å². The normalized spacial score (nSPS) is 15.0. The molecule has 122 valence electrons. The molecule has 0 bridgehead atoms. The summed E-state index contributed by atoms with van der Waals surface area (Å²) >= 11 is 0. The number of hydrogen-bond acceptors (Lipinski definition) is 4. The lowest BCUT2D eigenvalue weighted by Gasteiger charge is -2.15. The van der Waals surface area contributed by atoms with Crippen LogP contribution in [0.25, 0.3) is 0 Å². The first-order valence-electron chi connectivity index (χ1n) is 7.96. The average molecular weight is 311 g/mol. The Bertz CT molecular complexity index is 600. The van der Waals surface area contributed by atoms with Crippen LogP contribution in [-0.2, 0) is 11.2 Å². The van der Waals surface area contributed by atoms with E-state index in [0.29, 0.717) is 6.61 Å². The Morgan fingerprint density at radius 3 is 2.78 bits per heavy atom. The highest BCUT2D eigenvalue weighted by Crippen LogP contribution is 2.12. The van der Waals surface area contributed by atoms with Crippen molar-refractivity contribution in [2.45, 2.75) is 13.3 Å². The van der Waals surface area contributed by atoms with E-state index >= 15 is 0 Å². The van der Waals surface area contributed by atoms with Gasteiger partial charge < -0.3 is 15.0 Å². The number of anilines is 1. The molecule has 0 aromatic heterocycles. The maximum absolute atomic E-state index is 5.40. The van der Waals surface area contributed by atoms with Gasteiger partial charge in [0, 0.05) is 19.3 Å². The summed E-state index contributed by atoms with van der Waals surface area (Å²) in [5.41, 5.74) is 2.33. The van der Waals surface area contributed by atoms with Crippen LogP contribution in [0.15, 0.2) is 65.9 Å². The average Bonchev–Trinajstić information content (AvgIpc) is 2.97. The van der Waals surface area contributed by atoms with E-state index in [2.05, 4.69) is 52.1 Å². The Balaban J connectivity index is 1.86. The smallest absolute Gasteiger partial charge is 0.198 e. The summed E-state index contributed by atoms with van der Waals surface area (Å²) in [6, 6.07) is 8.43. The maximum Gasteiger partial charge on any atom is 0.198 e. The van der Waals surface area contributed by atoms with Crippen LogP contribution in [0.2, 0.25) is 0 Å². The number of likely N-dealkylation sites (N-methyl/N-ethyl adjacent to an activating group) is 1. The first-order chi connectivity index (χ1) is 11.2. The van der Waals surface area contributed by atoms with Gasteiger partial charge in [-0.25, -0.2) is 0 Å². The van der Waals surface area contributed by atoms with E-state index in [1.807, 2.05) is 26.1 Å². The number of rotatable bonds is 7. The molecule has 0 atom stereocenters. The molecule has 4 heteroatoms. The molecule has 4 nitrogen and oxygen atoms in total. The summed E-state index contributed by atoms with van der Waals surface area (Å²) < 4.78 is 5.40. The lowest BCUT2D eigenvalue weighted by atomic mass is 10.1. The minimum atomic E-state index is 0.653. The van der Waals surface area contributed by atoms with E-state index in [1.165, 1.54) is 5.56 Å². The van der Waals surface area contributed by atoms with Crippen molar-refractivity contribution in [3.05, 3.63) is 66.5 Å². The molecule has 0 saturated carbocycles. The highest BCUT2D eigenvalue weighted by atomic mass is 16.5. The Hall–Kier alpha value is -2.49. The first kappa shape index (κ1) is 16.9. The van der Waals surface area contributed by atoms with Crippen LogP contribution >= 0.6 is 0 Å². The fourth-order valence-electron chi connectivity index (χ4n) is 2.23. The molecule has 1 aromatic rings. The van der Waals surface area contributed by atoms with Crippen LogP contribution < -0.4 is 5.32 Å². The fraction of sp³-hybridized carbons (Fsp3) is 0.316. The molecule has 0 saturated heterocycles. The highest BCUT2D eigenvalue weighted by Gasteiger charge is 2.11. The molecule has 1 aliphatic heterocycles. The van der Waals surface area contributed by atoms with E-state index in [1.54, 1.807) is 6.08 Å². The third-order valence-electron chi connectivity index (χ3n) is 3.53. The van der Waals surface area contributed by atoms with Crippen LogP contribution in [-0.4, -0.2) is 37.6 Å². The zero-order valence-corrected chi connectivity index (χ0v) is 14.0. The number of benzene rings is 1. The van der Waals surface area contributed by atoms with Gasteiger partial charge in [0.05, 0.1) is 13.2 Å². The third-order valence-corrected chi connectivity index (χ3v) is 3.53. The van der Waals surface area contributed by atoms with E-state index in [9.17, 15) is 0 Å². The summed E-state index contributed by atoms with van der Waals surface area (Å²) in [6.45, 7) is 8.19. The number of guanidine groups is 1. The Morgan fingerprint density at radius 2 is 2.17 bits per heavy atom. The predicted octanol–water partition coefficient (Wildman–Crippen LogP) is 3.61. The molecule has 0 spiro atoms. The summed E-state index contributed by atoms with van der Waals surface area (Å²) in [5, 5.41) is 3.34. The molecule has 0 aliphatic carbocycles. The van der Waals surface area contributed by atoms with Gasteiger partial charge >= 0.3 is 0 Å². The fourth-order valence-corrected chi connectivity index (χ4v) is 2.23. The molecule has 0 amide bonds. The van der Waals surface area contributed by atoms with Crippen molar-refractivity contribution < 1.29 is 4.74 Å². The second-order valence-corrected chi connectivity index (χ2v) is 5.29. The molecule has 0 unspecified atom stereocenters. The number of nitrogens with zero attached hydrogens (tertiary/aromatic N) is 2. The molecule has 1 aromatic carbocycles. The second-order valence-electron chi connectivity index (χ2n) is 5.29. The maximum atomic E-state index is 5.40. The molecule has 1 heterocycles. The summed E-state index contributed by atoms with van der Waals surface area (Å²) in [6.07, 6.45) is 8.65. The third kappa shape index (κ3) is 5.33. The van der Waals surface area contributed by atoms with Gasteiger partial charge in [-0.15, -0.1) is 0 Å². The summed E-state index contributed by atoms with van der Waals surface area (Å²) in [5.74, 6) is 1.74. The van der Waals surface area contributed by atoms with Gasteiger partial charge in [0.2, 0.25) is 0 Å². The lowest BCUT2D eigenvalue weighted by Crippen LogP contribution is -2.28. The van der Waals surface area contributed by atoms with Crippen molar-refractivity contribution in [3.8, 4) is 0 Å². The van der Waals surface area contributed by atoms with Crippen molar-refractivity contribution in [1.29, 1.82) is 0 Å². The Kier molecular flexibility index (Phi) is 6.48. The predicted molar refractivity (Wildman–Crippen MR) is 97.7 cm³/mol. The quantitative estimate of drug-likeness (QED) is 0.617. The van der Waals surface area contributed by atoms with Crippen molar-refractivity contribution in [1.82, 2.24) is 4.90 Å². The Labute approximate surface area is 138 Å². The summed E-state index contributed by atoms with van der Waals surface area (Å²) in [4.78, 5) is 6.55. The van der Waals surface area contributed by atoms with E-state index < -0.39 is 0 Å². The molecule has 23 heavy (non-hydrogen) atoms. The lowest BCUT2D eigenvalue weighted by molar-refractivity contribution is 0.243. The monoisotopic (exact) mass is 311 g/mol. The molecule has 2 rings (SSSR count). The number of nitrogens with one attached hydrogen (secondary N) is 1. The van der Waals surface area contributed by atoms with E-state index in [4.69, 9.17) is 4.74 Å². The first-order valence-corrected chi connectivity index (χ1v) is 7.96. The highest BCUT2D eigenvalue weighted by molar-refractivity contribution is 5.94. The minimum Gasteiger partial charge on any atom is -0.494 e. The molecule has 1 aliphatic rings. The van der Waals surface area contributed by atoms with Crippen molar-refractivity contribution in [2.75, 3.05) is 32.1 Å². The zero-order chi connectivity index (χ0) is 16.5. The molecular formula is C19H25N3O. The van der Waals surface area contributed by atoms with Gasteiger partial charge in [-0.05, 0) is 43.2 Å². The van der Waals surface area contributed by atoms with Gasteiger partial charge in [-0.1, -0.05) is 30.9 Å². The summed E-state index contributed by atoms with van der Waals surface area (Å²) in [7, 11) is 2.05. The molecular weight excluding hydrogens is 286 g/mol. The van der Waals surface area contributed by atoms with Crippen LogP contribution in [0, 0.1) is 0 Å². The van der Waals surface area contributed by atoms with Crippen molar-refractivity contribution in [3.63, 3.8) is 0 Å². The van der Waals surface area contributed by atoms with Gasteiger partial charge in [0.25, 0.3) is 0 Å². The zero-order valence-electron chi connectivity index (χ0n) is 14.0. The number of aliphatic imine (C=N–C) groups is 1. The van der Waals surface area contributed by atoms with Crippen LogP contribution in [0.5, 0.6) is 0 Å². The standard InChI is InChI=1S/C19H25N3O/c1-4-18(23-5-2)9-7-6-8-16-10-12-17(13-11-16)21-19-20-14-15-22(19)3/h4,6-7,9-13H,1,5,8,14-15H2,2-3H3,(H,20,21)/b7-6+,18-9+. The Morgan fingerprint density at radius 1 is 1.39 bits per heavy atom. The van der Waals surface area contributed by atoms with Crippen molar-refractivity contribution in [2.24, 2.45) is 4.99 Å². The van der Waals surface area contributed by atoms with E-state index in [0.717, 1.165) is 36.9 Å². The van der Waals surface area contributed by atoms with E-state index in [-0.39, 0.29) is 0 Å². The largest absolute Gasteiger partial charge is 0.494 e. The van der Waals surface area contributed by atoms with Gasteiger partial charge in [-0.3, -0.25) is 4.99 Å². The molecule has 0 fully saturated rings. The van der Waals surface area contributed by atoms with Crippen molar-refractivity contribution >= 4 is 11.6 Å². The molecule has 1 N–H and O–H groups in total. The molecule has 0 radical (unpaired) electrons.